The Balaban J connectivity index is 2.89. The summed E-state index contributed by atoms with van der Waals surface area (Å²) >= 11 is 0. The second-order valence-electron chi connectivity index (χ2n) is 9.02. The Kier molecular flexibility index (Phi) is 10.3. The summed E-state index contributed by atoms with van der Waals surface area (Å²) in [6.45, 7) is 2.80. The minimum atomic E-state index is -6.11. The molecule has 0 radical (unpaired) electrons. The van der Waals surface area contributed by atoms with Crippen LogP contribution in [0.1, 0.15) is 26.7 Å². The van der Waals surface area contributed by atoms with Gasteiger partial charge in [0.2, 0.25) is 0 Å². The standard InChI is InChI=1S/C21H25F11O7/c1-11(2)13(33)37-9-15(4)10-39-18(17(15,22)23,21(30,31)32)38-8-12(3)14(34)36-7-5-6-16(35,19(24,25)26)20(27,28)29/h14,34-35H,1,3,5-10H2,2,4H3. The molecule has 18 heteroatoms. The molecule has 1 aliphatic heterocycles. The van der Waals surface area contributed by atoms with Crippen molar-refractivity contribution in [1.29, 1.82) is 0 Å². The Morgan fingerprint density at radius 1 is 1.05 bits per heavy atom. The van der Waals surface area contributed by atoms with Crippen LogP contribution in [0.5, 0.6) is 0 Å². The molecule has 0 saturated carbocycles. The summed E-state index contributed by atoms with van der Waals surface area (Å²) in [6, 6.07) is 0. The summed E-state index contributed by atoms with van der Waals surface area (Å²) in [4.78, 5) is 11.5. The van der Waals surface area contributed by atoms with Gasteiger partial charge in [0.25, 0.3) is 5.60 Å². The van der Waals surface area contributed by atoms with E-state index in [2.05, 4.69) is 32.1 Å². The number of ether oxygens (including phenoxy) is 4. The van der Waals surface area contributed by atoms with Gasteiger partial charge in [-0.15, -0.1) is 0 Å². The predicted molar refractivity (Wildman–Crippen MR) is 107 cm³/mol. The highest BCUT2D eigenvalue weighted by Crippen LogP contribution is 2.59. The van der Waals surface area contributed by atoms with Crippen LogP contribution in [0, 0.1) is 5.41 Å². The lowest BCUT2D eigenvalue weighted by molar-refractivity contribution is -0.420. The smallest absolute Gasteiger partial charge is 0.449 e. The average Bonchev–Trinajstić information content (AvgIpc) is 2.97. The quantitative estimate of drug-likeness (QED) is 0.0849. The van der Waals surface area contributed by atoms with Crippen molar-refractivity contribution in [3.63, 3.8) is 0 Å². The number of carbonyl (C=O) groups is 1. The molecule has 3 unspecified atom stereocenters. The van der Waals surface area contributed by atoms with Crippen molar-refractivity contribution in [1.82, 2.24) is 0 Å². The third-order valence-corrected chi connectivity index (χ3v) is 5.72. The minimum absolute atomic E-state index is 0.231. The van der Waals surface area contributed by atoms with Crippen molar-refractivity contribution in [3.05, 3.63) is 24.3 Å². The van der Waals surface area contributed by atoms with E-state index in [1.165, 1.54) is 0 Å². The molecule has 0 aromatic heterocycles. The molecule has 3 atom stereocenters. The average molecular weight is 598 g/mol. The van der Waals surface area contributed by atoms with Gasteiger partial charge in [-0.05, 0) is 26.7 Å². The molecule has 0 aliphatic carbocycles. The number of aliphatic hydroxyl groups is 2. The summed E-state index contributed by atoms with van der Waals surface area (Å²) < 4.78 is 165. The van der Waals surface area contributed by atoms with Gasteiger partial charge in [-0.25, -0.2) is 4.79 Å². The Morgan fingerprint density at radius 2 is 1.56 bits per heavy atom. The Bertz CT molecular complexity index is 899. The molecular weight excluding hydrogens is 573 g/mol. The van der Waals surface area contributed by atoms with E-state index in [4.69, 9.17) is 5.11 Å². The summed E-state index contributed by atoms with van der Waals surface area (Å²) in [5.74, 6) is -10.7. The zero-order valence-electron chi connectivity index (χ0n) is 20.3. The highest BCUT2D eigenvalue weighted by Gasteiger charge is 2.82. The fraction of sp³-hybridized carbons (Fsp3) is 0.762. The maximum atomic E-state index is 15.1. The van der Waals surface area contributed by atoms with Crippen molar-refractivity contribution >= 4 is 5.97 Å². The van der Waals surface area contributed by atoms with Gasteiger partial charge in [0.15, 0.2) is 6.29 Å². The molecule has 0 aromatic rings. The molecule has 1 saturated heterocycles. The van der Waals surface area contributed by atoms with Gasteiger partial charge >= 0.3 is 36.2 Å². The van der Waals surface area contributed by atoms with E-state index in [9.17, 15) is 49.4 Å². The van der Waals surface area contributed by atoms with Crippen molar-refractivity contribution < 1.29 is 82.2 Å². The largest absolute Gasteiger partial charge is 0.461 e. The second-order valence-corrected chi connectivity index (χ2v) is 9.02. The number of hydrogen-bond donors (Lipinski definition) is 2. The van der Waals surface area contributed by atoms with Crippen LogP contribution in [0.15, 0.2) is 24.3 Å². The first-order chi connectivity index (χ1) is 17.3. The van der Waals surface area contributed by atoms with Gasteiger partial charge in [0, 0.05) is 11.1 Å². The molecule has 39 heavy (non-hydrogen) atoms. The molecule has 0 amide bonds. The first-order valence-corrected chi connectivity index (χ1v) is 10.7. The molecule has 1 heterocycles. The van der Waals surface area contributed by atoms with Crippen LogP contribution in [0.4, 0.5) is 48.3 Å². The maximum absolute atomic E-state index is 15.1. The Labute approximate surface area is 214 Å². The third kappa shape index (κ3) is 6.83. The second kappa shape index (κ2) is 11.5. The van der Waals surface area contributed by atoms with E-state index in [0.717, 1.165) is 6.92 Å². The number of halogens is 11. The molecular formula is C21H25F11O7. The van der Waals surface area contributed by atoms with Crippen LogP contribution >= 0.6 is 0 Å². The van der Waals surface area contributed by atoms with Gasteiger partial charge in [-0.1, -0.05) is 13.2 Å². The van der Waals surface area contributed by atoms with E-state index < -0.39 is 98.4 Å². The fourth-order valence-electron chi connectivity index (χ4n) is 3.14. The molecule has 1 fully saturated rings. The first kappa shape index (κ1) is 35.0. The number of rotatable bonds is 12. The molecule has 2 N–H and O–H groups in total. The monoisotopic (exact) mass is 598 g/mol. The van der Waals surface area contributed by atoms with Gasteiger partial charge in [0.1, 0.15) is 6.61 Å². The van der Waals surface area contributed by atoms with Crippen LogP contribution in [0.3, 0.4) is 0 Å². The van der Waals surface area contributed by atoms with Gasteiger partial charge in [-0.2, -0.15) is 48.3 Å². The lowest BCUT2D eigenvalue weighted by atomic mass is 9.82. The van der Waals surface area contributed by atoms with Crippen LogP contribution in [-0.4, -0.2) is 84.7 Å². The van der Waals surface area contributed by atoms with E-state index in [-0.39, 0.29) is 5.57 Å². The van der Waals surface area contributed by atoms with Gasteiger partial charge in [-0.3, -0.25) is 0 Å². The fourth-order valence-corrected chi connectivity index (χ4v) is 3.14. The van der Waals surface area contributed by atoms with Crippen molar-refractivity contribution in [3.8, 4) is 0 Å². The van der Waals surface area contributed by atoms with Gasteiger partial charge < -0.3 is 29.2 Å². The molecule has 1 aliphatic rings. The van der Waals surface area contributed by atoms with E-state index in [0.29, 0.717) is 6.92 Å². The third-order valence-electron chi connectivity index (χ3n) is 5.72. The minimum Gasteiger partial charge on any atom is -0.461 e. The van der Waals surface area contributed by atoms with E-state index in [1.807, 2.05) is 0 Å². The topological polar surface area (TPSA) is 94.5 Å². The highest BCUT2D eigenvalue weighted by atomic mass is 19.4. The maximum Gasteiger partial charge on any atom is 0.449 e. The number of hydrogen-bond acceptors (Lipinski definition) is 7. The van der Waals surface area contributed by atoms with E-state index in [1.54, 1.807) is 0 Å². The number of aliphatic hydroxyl groups excluding tert-OH is 1. The number of alkyl halides is 11. The number of carbonyl (C=O) groups excluding carboxylic acids is 1. The molecule has 0 aromatic carbocycles. The zero-order chi connectivity index (χ0) is 30.9. The van der Waals surface area contributed by atoms with Crippen LogP contribution < -0.4 is 0 Å². The first-order valence-electron chi connectivity index (χ1n) is 10.7. The van der Waals surface area contributed by atoms with Crippen molar-refractivity contribution in [2.24, 2.45) is 5.41 Å². The Morgan fingerprint density at radius 3 is 2.00 bits per heavy atom. The van der Waals surface area contributed by atoms with Crippen molar-refractivity contribution in [2.45, 2.75) is 68.8 Å². The molecule has 0 bridgehead atoms. The molecule has 228 valence electrons. The summed E-state index contributed by atoms with van der Waals surface area (Å²) in [5, 5.41) is 18.8. The lowest BCUT2D eigenvalue weighted by Crippen LogP contribution is -2.63. The predicted octanol–water partition coefficient (Wildman–Crippen LogP) is 4.58. The molecule has 1 rings (SSSR count). The summed E-state index contributed by atoms with van der Waals surface area (Å²) in [7, 11) is 0. The Hall–Kier alpha value is -2.02. The SMILES string of the molecule is C=C(C)C(=O)OCC1(C)COC(OCC(=C)C(O)OCCCC(O)(C(F)(F)F)C(F)(F)F)(C(F)(F)F)C1(F)F. The molecule has 7 nitrogen and oxygen atoms in total. The van der Waals surface area contributed by atoms with Crippen LogP contribution in [0.2, 0.25) is 0 Å². The molecule has 0 spiro atoms. The zero-order valence-corrected chi connectivity index (χ0v) is 20.3. The van der Waals surface area contributed by atoms with Crippen molar-refractivity contribution in [2.75, 3.05) is 26.4 Å². The normalized spacial score (nSPS) is 24.9. The van der Waals surface area contributed by atoms with E-state index >= 15 is 8.78 Å². The summed E-state index contributed by atoms with van der Waals surface area (Å²) in [5.41, 5.74) is -9.00. The lowest BCUT2D eigenvalue weighted by Gasteiger charge is -2.39. The van der Waals surface area contributed by atoms with Crippen LogP contribution in [-0.2, 0) is 23.7 Å². The highest BCUT2D eigenvalue weighted by molar-refractivity contribution is 5.86. The van der Waals surface area contributed by atoms with Crippen LogP contribution in [0.25, 0.3) is 0 Å². The number of esters is 1. The summed E-state index contributed by atoms with van der Waals surface area (Å²) in [6.07, 6.45) is -23.7. The van der Waals surface area contributed by atoms with Gasteiger partial charge in [0.05, 0.1) is 25.2 Å².